The molecule has 0 unspecified atom stereocenters. The third-order valence-electron chi connectivity index (χ3n) is 3.39. The second-order valence-corrected chi connectivity index (χ2v) is 5.41. The zero-order valence-electron chi connectivity index (χ0n) is 12.8. The summed E-state index contributed by atoms with van der Waals surface area (Å²) in [7, 11) is 0. The third kappa shape index (κ3) is 4.62. The van der Waals surface area contributed by atoms with Crippen molar-refractivity contribution in [2.45, 2.75) is 13.8 Å². The number of aromatic carboxylic acids is 1. The van der Waals surface area contributed by atoms with Crippen LogP contribution in [0.25, 0.3) is 0 Å². The molecule has 118 valence electrons. The van der Waals surface area contributed by atoms with Gasteiger partial charge in [-0.2, -0.15) is 5.10 Å². The molecule has 3 N–H and O–H groups in total. The first-order valence-corrected chi connectivity index (χ1v) is 7.38. The van der Waals surface area contributed by atoms with Crippen molar-refractivity contribution >= 4 is 35.2 Å². The van der Waals surface area contributed by atoms with E-state index in [4.69, 9.17) is 17.3 Å². The molecular weight excluding hydrogens is 310 g/mol. The van der Waals surface area contributed by atoms with E-state index in [2.05, 4.69) is 15.8 Å². The van der Waals surface area contributed by atoms with Crippen molar-refractivity contribution in [1.29, 1.82) is 0 Å². The summed E-state index contributed by atoms with van der Waals surface area (Å²) in [4.78, 5) is 10.8. The number of benzene rings is 2. The number of hydrogen-bond donors (Lipinski definition) is 3. The molecule has 23 heavy (non-hydrogen) atoms. The lowest BCUT2D eigenvalue weighted by Gasteiger charge is -2.11. The van der Waals surface area contributed by atoms with E-state index in [-0.39, 0.29) is 5.56 Å². The number of carbonyl (C=O) groups is 1. The number of anilines is 1. The van der Waals surface area contributed by atoms with Gasteiger partial charge in [0.25, 0.3) is 0 Å². The van der Waals surface area contributed by atoms with E-state index < -0.39 is 5.97 Å². The standard InChI is InChI=1S/C17H17N3O2S/c1-11-4-3-5-15(12(11)2)19-17(23)20-18-10-13-6-8-14(9-7-13)16(21)22/h3-10H,1-2H3,(H,21,22)(H2,19,20,23)/b18-10+. The van der Waals surface area contributed by atoms with E-state index in [0.717, 1.165) is 16.8 Å². The van der Waals surface area contributed by atoms with Gasteiger partial charge in [-0.3, -0.25) is 5.43 Å². The van der Waals surface area contributed by atoms with E-state index in [0.29, 0.717) is 5.11 Å². The summed E-state index contributed by atoms with van der Waals surface area (Å²) in [6.45, 7) is 4.06. The van der Waals surface area contributed by atoms with Gasteiger partial charge >= 0.3 is 5.97 Å². The van der Waals surface area contributed by atoms with Crippen LogP contribution in [0.1, 0.15) is 27.0 Å². The molecule has 0 amide bonds. The highest BCUT2D eigenvalue weighted by molar-refractivity contribution is 7.80. The van der Waals surface area contributed by atoms with Crippen LogP contribution in [0.5, 0.6) is 0 Å². The molecule has 0 fully saturated rings. The Morgan fingerprint density at radius 3 is 2.52 bits per heavy atom. The number of carboxylic acid groups (broad SMARTS) is 1. The predicted octanol–water partition coefficient (Wildman–Crippen LogP) is 3.32. The molecule has 0 aliphatic heterocycles. The molecule has 0 heterocycles. The molecule has 0 spiro atoms. The first-order valence-electron chi connectivity index (χ1n) is 6.97. The minimum Gasteiger partial charge on any atom is -0.478 e. The van der Waals surface area contributed by atoms with Gasteiger partial charge in [0, 0.05) is 5.69 Å². The van der Waals surface area contributed by atoms with Gasteiger partial charge in [-0.25, -0.2) is 4.79 Å². The number of rotatable bonds is 4. The molecule has 0 aliphatic carbocycles. The molecule has 0 saturated carbocycles. The van der Waals surface area contributed by atoms with Gasteiger partial charge < -0.3 is 10.4 Å². The second kappa shape index (κ2) is 7.51. The van der Waals surface area contributed by atoms with Crippen LogP contribution in [0, 0.1) is 13.8 Å². The van der Waals surface area contributed by atoms with Crippen molar-refractivity contribution in [1.82, 2.24) is 5.43 Å². The van der Waals surface area contributed by atoms with Gasteiger partial charge in [0.2, 0.25) is 0 Å². The highest BCUT2D eigenvalue weighted by Crippen LogP contribution is 2.17. The summed E-state index contributed by atoms with van der Waals surface area (Å²) in [5.41, 5.74) is 6.99. The largest absolute Gasteiger partial charge is 0.478 e. The Morgan fingerprint density at radius 1 is 1.17 bits per heavy atom. The number of nitrogens with one attached hydrogen (secondary N) is 2. The summed E-state index contributed by atoms with van der Waals surface area (Å²) in [6, 6.07) is 12.3. The van der Waals surface area contributed by atoms with Crippen molar-refractivity contribution < 1.29 is 9.90 Å². The lowest BCUT2D eigenvalue weighted by Crippen LogP contribution is -2.24. The van der Waals surface area contributed by atoms with Crippen LogP contribution < -0.4 is 10.7 Å². The van der Waals surface area contributed by atoms with E-state index in [1.165, 1.54) is 17.7 Å². The third-order valence-corrected chi connectivity index (χ3v) is 3.58. The Labute approximate surface area is 140 Å². The fourth-order valence-electron chi connectivity index (χ4n) is 1.91. The summed E-state index contributed by atoms with van der Waals surface area (Å²) in [6.07, 6.45) is 1.57. The van der Waals surface area contributed by atoms with Crippen molar-refractivity contribution in [3.8, 4) is 0 Å². The molecule has 0 radical (unpaired) electrons. The minimum absolute atomic E-state index is 0.238. The number of thiocarbonyl (C=S) groups is 1. The zero-order chi connectivity index (χ0) is 16.8. The first-order chi connectivity index (χ1) is 11.0. The Bertz CT molecular complexity index is 755. The number of hydrogen-bond acceptors (Lipinski definition) is 3. The van der Waals surface area contributed by atoms with Crippen molar-refractivity contribution in [3.05, 3.63) is 64.7 Å². The van der Waals surface area contributed by atoms with E-state index in [9.17, 15) is 4.79 Å². The van der Waals surface area contributed by atoms with Gasteiger partial charge in [0.1, 0.15) is 0 Å². The van der Waals surface area contributed by atoms with Crippen LogP contribution in [0.2, 0.25) is 0 Å². The first kappa shape index (κ1) is 16.6. The number of carboxylic acids is 1. The molecule has 2 aromatic carbocycles. The smallest absolute Gasteiger partial charge is 0.335 e. The molecule has 0 saturated heterocycles. The van der Waals surface area contributed by atoms with Gasteiger partial charge in [0.15, 0.2) is 5.11 Å². The molecule has 0 aromatic heterocycles. The summed E-state index contributed by atoms with van der Waals surface area (Å²) < 4.78 is 0. The van der Waals surface area contributed by atoms with E-state index in [1.807, 2.05) is 32.0 Å². The van der Waals surface area contributed by atoms with Crippen LogP contribution in [0.4, 0.5) is 5.69 Å². The Balaban J connectivity index is 1.93. The summed E-state index contributed by atoms with van der Waals surface area (Å²) in [5, 5.41) is 16.3. The van der Waals surface area contributed by atoms with Crippen LogP contribution >= 0.6 is 12.2 Å². The van der Waals surface area contributed by atoms with E-state index in [1.54, 1.807) is 18.3 Å². The molecule has 2 aromatic rings. The molecule has 5 nitrogen and oxygen atoms in total. The van der Waals surface area contributed by atoms with Gasteiger partial charge in [-0.05, 0) is 61.0 Å². The molecular formula is C17H17N3O2S. The highest BCUT2D eigenvalue weighted by atomic mass is 32.1. The quantitative estimate of drug-likeness (QED) is 0.456. The normalized spacial score (nSPS) is 10.5. The second-order valence-electron chi connectivity index (χ2n) is 5.00. The van der Waals surface area contributed by atoms with E-state index >= 15 is 0 Å². The maximum absolute atomic E-state index is 10.8. The Hall–Kier alpha value is -2.73. The monoisotopic (exact) mass is 327 g/mol. The molecule has 0 bridgehead atoms. The topological polar surface area (TPSA) is 73.7 Å². The van der Waals surface area contributed by atoms with Gasteiger partial charge in [-0.15, -0.1) is 0 Å². The molecule has 0 atom stereocenters. The number of hydrazone groups is 1. The Morgan fingerprint density at radius 2 is 1.87 bits per heavy atom. The average Bonchev–Trinajstić information content (AvgIpc) is 2.52. The average molecular weight is 327 g/mol. The van der Waals surface area contributed by atoms with Crippen LogP contribution in [-0.4, -0.2) is 22.4 Å². The summed E-state index contributed by atoms with van der Waals surface area (Å²) in [5.74, 6) is -0.953. The Kier molecular flexibility index (Phi) is 5.43. The molecule has 0 aliphatic rings. The van der Waals surface area contributed by atoms with Crippen molar-refractivity contribution in [2.24, 2.45) is 5.10 Å². The number of nitrogens with zero attached hydrogens (tertiary/aromatic N) is 1. The molecule has 6 heteroatoms. The SMILES string of the molecule is Cc1cccc(NC(=S)N/N=C/c2ccc(C(=O)O)cc2)c1C. The highest BCUT2D eigenvalue weighted by Gasteiger charge is 2.02. The molecule has 2 rings (SSSR count). The lowest BCUT2D eigenvalue weighted by molar-refractivity contribution is 0.0697. The lowest BCUT2D eigenvalue weighted by atomic mass is 10.1. The maximum Gasteiger partial charge on any atom is 0.335 e. The van der Waals surface area contributed by atoms with Gasteiger partial charge in [0.05, 0.1) is 11.8 Å². The maximum atomic E-state index is 10.8. The fraction of sp³-hybridized carbons (Fsp3) is 0.118. The predicted molar refractivity (Wildman–Crippen MR) is 96.3 cm³/mol. The van der Waals surface area contributed by atoms with Crippen molar-refractivity contribution in [2.75, 3.05) is 5.32 Å². The van der Waals surface area contributed by atoms with Crippen LogP contribution in [-0.2, 0) is 0 Å². The zero-order valence-corrected chi connectivity index (χ0v) is 13.6. The summed E-state index contributed by atoms with van der Waals surface area (Å²) >= 11 is 5.20. The minimum atomic E-state index is -0.953. The number of aryl methyl sites for hydroxylation is 1. The van der Waals surface area contributed by atoms with Crippen LogP contribution in [0.3, 0.4) is 0 Å². The fourth-order valence-corrected chi connectivity index (χ4v) is 2.08. The van der Waals surface area contributed by atoms with Crippen molar-refractivity contribution in [3.63, 3.8) is 0 Å². The van der Waals surface area contributed by atoms with Gasteiger partial charge in [-0.1, -0.05) is 24.3 Å². The van der Waals surface area contributed by atoms with Crippen LogP contribution in [0.15, 0.2) is 47.6 Å².